The van der Waals surface area contributed by atoms with Gasteiger partial charge in [-0.05, 0) is 48.9 Å². The molecule has 0 saturated heterocycles. The van der Waals surface area contributed by atoms with Crippen LogP contribution in [0.1, 0.15) is 54.9 Å². The Bertz CT molecular complexity index is 433. The first kappa shape index (κ1) is 15.0. The minimum Gasteiger partial charge on any atom is -0.351 e. The van der Waals surface area contributed by atoms with Gasteiger partial charge in [0.05, 0.1) is 0 Å². The molecule has 1 aromatic rings. The summed E-state index contributed by atoms with van der Waals surface area (Å²) >= 11 is 0. The Morgan fingerprint density at radius 3 is 2.40 bits per heavy atom. The van der Waals surface area contributed by atoms with E-state index in [0.717, 1.165) is 24.8 Å². The van der Waals surface area contributed by atoms with Crippen LogP contribution in [0.15, 0.2) is 24.3 Å². The second-order valence-corrected chi connectivity index (χ2v) is 6.00. The molecule has 3 N–H and O–H groups in total. The predicted octanol–water partition coefficient (Wildman–Crippen LogP) is 2.89. The highest BCUT2D eigenvalue weighted by Crippen LogP contribution is 2.34. The molecule has 2 rings (SSSR count). The van der Waals surface area contributed by atoms with Crippen molar-refractivity contribution in [3.05, 3.63) is 35.4 Å². The van der Waals surface area contributed by atoms with Crippen LogP contribution in [-0.4, -0.2) is 19.0 Å². The number of hydrogen-bond acceptors (Lipinski definition) is 2. The molecule has 0 heterocycles. The van der Waals surface area contributed by atoms with Crippen molar-refractivity contribution in [1.82, 2.24) is 5.32 Å². The molecule has 0 spiro atoms. The van der Waals surface area contributed by atoms with E-state index in [1.54, 1.807) is 0 Å². The number of rotatable bonds is 5. The molecule has 20 heavy (non-hydrogen) atoms. The van der Waals surface area contributed by atoms with Crippen LogP contribution in [0.2, 0.25) is 0 Å². The van der Waals surface area contributed by atoms with E-state index < -0.39 is 0 Å². The van der Waals surface area contributed by atoms with Gasteiger partial charge in [-0.15, -0.1) is 0 Å². The van der Waals surface area contributed by atoms with Crippen molar-refractivity contribution in [2.75, 3.05) is 13.1 Å². The van der Waals surface area contributed by atoms with Crippen LogP contribution in [0.4, 0.5) is 0 Å². The van der Waals surface area contributed by atoms with Crippen LogP contribution in [0.25, 0.3) is 0 Å². The second-order valence-electron chi connectivity index (χ2n) is 6.00. The van der Waals surface area contributed by atoms with E-state index in [0.29, 0.717) is 13.1 Å². The maximum atomic E-state index is 12.2. The first-order valence-corrected chi connectivity index (χ1v) is 7.76. The molecule has 1 aliphatic rings. The average Bonchev–Trinajstić information content (AvgIpc) is 2.53. The molecular formula is C17H26N2O. The molecule has 1 saturated carbocycles. The Morgan fingerprint density at radius 1 is 1.20 bits per heavy atom. The quantitative estimate of drug-likeness (QED) is 0.867. The highest BCUT2D eigenvalue weighted by atomic mass is 16.1. The maximum absolute atomic E-state index is 12.2. The number of carbonyl (C=O) groups is 1. The number of carbonyl (C=O) groups excluding carboxylic acids is 1. The SMILES string of the molecule is CCc1ccc(C(=O)NCC2(CN)CCCCC2)cc1. The molecule has 1 aromatic carbocycles. The number of aryl methyl sites for hydroxylation is 1. The Balaban J connectivity index is 1.93. The predicted molar refractivity (Wildman–Crippen MR) is 82.7 cm³/mol. The highest BCUT2D eigenvalue weighted by Gasteiger charge is 2.30. The number of hydrogen-bond donors (Lipinski definition) is 2. The summed E-state index contributed by atoms with van der Waals surface area (Å²) in [5, 5.41) is 3.08. The number of amides is 1. The van der Waals surface area contributed by atoms with Crippen LogP contribution in [0.3, 0.4) is 0 Å². The largest absolute Gasteiger partial charge is 0.351 e. The maximum Gasteiger partial charge on any atom is 0.251 e. The molecule has 0 unspecified atom stereocenters. The van der Waals surface area contributed by atoms with Crippen molar-refractivity contribution in [1.29, 1.82) is 0 Å². The molecule has 0 atom stereocenters. The Labute approximate surface area is 121 Å². The van der Waals surface area contributed by atoms with Gasteiger partial charge in [0.1, 0.15) is 0 Å². The van der Waals surface area contributed by atoms with Crippen LogP contribution >= 0.6 is 0 Å². The minimum absolute atomic E-state index is 0.0195. The van der Waals surface area contributed by atoms with Crippen molar-refractivity contribution in [3.63, 3.8) is 0 Å². The molecule has 110 valence electrons. The Kier molecular flexibility index (Phi) is 5.18. The van der Waals surface area contributed by atoms with Crippen LogP contribution < -0.4 is 11.1 Å². The summed E-state index contributed by atoms with van der Waals surface area (Å²) in [6.45, 7) is 3.49. The van der Waals surface area contributed by atoms with Gasteiger partial charge >= 0.3 is 0 Å². The molecule has 0 bridgehead atoms. The van der Waals surface area contributed by atoms with Gasteiger partial charge in [-0.3, -0.25) is 4.79 Å². The summed E-state index contributed by atoms with van der Waals surface area (Å²) in [5.74, 6) is 0.0195. The monoisotopic (exact) mass is 274 g/mol. The van der Waals surface area contributed by atoms with Crippen molar-refractivity contribution >= 4 is 5.91 Å². The third-order valence-corrected chi connectivity index (χ3v) is 4.60. The number of benzene rings is 1. The first-order valence-electron chi connectivity index (χ1n) is 7.76. The molecule has 1 amide bonds. The van der Waals surface area contributed by atoms with E-state index in [4.69, 9.17) is 5.73 Å². The molecule has 0 aromatic heterocycles. The summed E-state index contributed by atoms with van der Waals surface area (Å²) in [4.78, 5) is 12.2. The van der Waals surface area contributed by atoms with E-state index in [1.165, 1.54) is 24.8 Å². The van der Waals surface area contributed by atoms with Gasteiger partial charge in [0.2, 0.25) is 0 Å². The summed E-state index contributed by atoms with van der Waals surface area (Å²) in [6.07, 6.45) is 7.04. The van der Waals surface area contributed by atoms with E-state index in [-0.39, 0.29) is 11.3 Å². The third kappa shape index (κ3) is 3.60. The Morgan fingerprint density at radius 2 is 1.85 bits per heavy atom. The fraction of sp³-hybridized carbons (Fsp3) is 0.588. The summed E-state index contributed by atoms with van der Waals surface area (Å²) in [7, 11) is 0. The van der Waals surface area contributed by atoms with Crippen molar-refractivity contribution in [3.8, 4) is 0 Å². The van der Waals surface area contributed by atoms with E-state index in [2.05, 4.69) is 12.2 Å². The van der Waals surface area contributed by atoms with Gasteiger partial charge in [-0.1, -0.05) is 38.3 Å². The number of nitrogens with two attached hydrogens (primary N) is 1. The lowest BCUT2D eigenvalue weighted by Gasteiger charge is -2.36. The first-order chi connectivity index (χ1) is 9.69. The van der Waals surface area contributed by atoms with Gasteiger partial charge in [0.15, 0.2) is 0 Å². The fourth-order valence-electron chi connectivity index (χ4n) is 3.02. The molecule has 0 aliphatic heterocycles. The summed E-state index contributed by atoms with van der Waals surface area (Å²) in [5.41, 5.74) is 8.07. The standard InChI is InChI=1S/C17H26N2O/c1-2-14-6-8-15(9-7-14)16(20)19-13-17(12-18)10-4-3-5-11-17/h6-9H,2-5,10-13,18H2,1H3,(H,19,20). The van der Waals surface area contributed by atoms with Gasteiger partial charge in [0.25, 0.3) is 5.91 Å². The molecule has 3 heteroatoms. The lowest BCUT2D eigenvalue weighted by atomic mass is 9.74. The van der Waals surface area contributed by atoms with Gasteiger partial charge in [0, 0.05) is 12.1 Å². The highest BCUT2D eigenvalue weighted by molar-refractivity contribution is 5.94. The lowest BCUT2D eigenvalue weighted by Crippen LogP contribution is -2.43. The minimum atomic E-state index is 0.0195. The normalized spacial score (nSPS) is 17.7. The smallest absolute Gasteiger partial charge is 0.251 e. The summed E-state index contributed by atoms with van der Waals surface area (Å²) < 4.78 is 0. The topological polar surface area (TPSA) is 55.1 Å². The molecule has 1 aliphatic carbocycles. The zero-order valence-corrected chi connectivity index (χ0v) is 12.5. The van der Waals surface area contributed by atoms with E-state index in [1.807, 2.05) is 24.3 Å². The lowest BCUT2D eigenvalue weighted by molar-refractivity contribution is 0.0914. The van der Waals surface area contributed by atoms with Crippen LogP contribution in [0, 0.1) is 5.41 Å². The third-order valence-electron chi connectivity index (χ3n) is 4.60. The number of nitrogens with one attached hydrogen (secondary N) is 1. The van der Waals surface area contributed by atoms with Crippen LogP contribution in [-0.2, 0) is 6.42 Å². The van der Waals surface area contributed by atoms with E-state index in [9.17, 15) is 4.79 Å². The molecular weight excluding hydrogens is 248 g/mol. The second kappa shape index (κ2) is 6.89. The average molecular weight is 274 g/mol. The fourth-order valence-corrected chi connectivity index (χ4v) is 3.02. The Hall–Kier alpha value is -1.35. The van der Waals surface area contributed by atoms with Gasteiger partial charge in [-0.2, -0.15) is 0 Å². The van der Waals surface area contributed by atoms with E-state index >= 15 is 0 Å². The van der Waals surface area contributed by atoms with Crippen molar-refractivity contribution in [2.45, 2.75) is 45.4 Å². The van der Waals surface area contributed by atoms with Crippen molar-refractivity contribution < 1.29 is 4.79 Å². The molecule has 0 radical (unpaired) electrons. The van der Waals surface area contributed by atoms with Gasteiger partial charge in [-0.25, -0.2) is 0 Å². The van der Waals surface area contributed by atoms with Gasteiger partial charge < -0.3 is 11.1 Å². The van der Waals surface area contributed by atoms with Crippen LogP contribution in [0.5, 0.6) is 0 Å². The molecule has 3 nitrogen and oxygen atoms in total. The zero-order chi connectivity index (χ0) is 14.4. The van der Waals surface area contributed by atoms with Crippen molar-refractivity contribution in [2.24, 2.45) is 11.1 Å². The molecule has 1 fully saturated rings. The summed E-state index contributed by atoms with van der Waals surface area (Å²) in [6, 6.07) is 7.86. The zero-order valence-electron chi connectivity index (χ0n) is 12.5.